The average Bonchev–Trinajstić information content (AvgIpc) is 2.98. The number of hydrogen-bond donors (Lipinski definition) is 0. The van der Waals surface area contributed by atoms with Crippen LogP contribution < -0.4 is 4.90 Å². The molecule has 25 heavy (non-hydrogen) atoms. The molecule has 2 amide bonds. The van der Waals surface area contributed by atoms with Gasteiger partial charge in [0, 0.05) is 19.3 Å². The number of pyridine rings is 1. The van der Waals surface area contributed by atoms with Crippen LogP contribution in [0.4, 0.5) is 10.5 Å². The zero-order valence-electron chi connectivity index (χ0n) is 14.0. The van der Waals surface area contributed by atoms with Crippen LogP contribution in [0.3, 0.4) is 0 Å². The maximum Gasteiger partial charge on any atom is 0.414 e. The van der Waals surface area contributed by atoms with Gasteiger partial charge in [0.05, 0.1) is 11.7 Å². The Bertz CT molecular complexity index is 822. The second-order valence-electron chi connectivity index (χ2n) is 6.46. The van der Waals surface area contributed by atoms with Gasteiger partial charge in [-0.3, -0.25) is 14.7 Å². The van der Waals surface area contributed by atoms with Crippen molar-refractivity contribution in [2.45, 2.75) is 25.9 Å². The van der Waals surface area contributed by atoms with Gasteiger partial charge in [-0.05, 0) is 42.7 Å². The third kappa shape index (κ3) is 2.84. The van der Waals surface area contributed by atoms with Crippen molar-refractivity contribution in [3.8, 4) is 0 Å². The summed E-state index contributed by atoms with van der Waals surface area (Å²) in [5.41, 5.74) is 3.29. The minimum atomic E-state index is -0.304. The molecule has 1 fully saturated rings. The Morgan fingerprint density at radius 2 is 2.16 bits per heavy atom. The maximum absolute atomic E-state index is 12.8. The van der Waals surface area contributed by atoms with E-state index in [9.17, 15) is 9.59 Å². The van der Waals surface area contributed by atoms with Gasteiger partial charge < -0.3 is 9.64 Å². The summed E-state index contributed by atoms with van der Waals surface area (Å²) < 4.78 is 5.26. The van der Waals surface area contributed by atoms with E-state index in [1.54, 1.807) is 28.1 Å². The molecule has 1 saturated heterocycles. The van der Waals surface area contributed by atoms with Crippen molar-refractivity contribution in [1.29, 1.82) is 0 Å². The molecule has 6 nitrogen and oxygen atoms in total. The average molecular weight is 337 g/mol. The fourth-order valence-electron chi connectivity index (χ4n) is 3.41. The lowest BCUT2D eigenvalue weighted by molar-refractivity contribution is 0.0728. The van der Waals surface area contributed by atoms with E-state index in [2.05, 4.69) is 4.98 Å². The number of anilines is 1. The molecule has 0 bridgehead atoms. The zero-order valence-corrected chi connectivity index (χ0v) is 14.0. The first-order valence-corrected chi connectivity index (χ1v) is 8.39. The van der Waals surface area contributed by atoms with Crippen molar-refractivity contribution < 1.29 is 14.3 Å². The smallest absolute Gasteiger partial charge is 0.414 e. The Kier molecular flexibility index (Phi) is 3.87. The summed E-state index contributed by atoms with van der Waals surface area (Å²) in [5.74, 6) is -0.0918. The van der Waals surface area contributed by atoms with Crippen molar-refractivity contribution in [2.75, 3.05) is 18.1 Å². The minimum absolute atomic E-state index is 0.0487. The quantitative estimate of drug-likeness (QED) is 0.803. The van der Waals surface area contributed by atoms with Crippen molar-refractivity contribution >= 4 is 17.7 Å². The fourth-order valence-corrected chi connectivity index (χ4v) is 3.41. The molecule has 0 aliphatic carbocycles. The van der Waals surface area contributed by atoms with Crippen LogP contribution in [0.5, 0.6) is 0 Å². The van der Waals surface area contributed by atoms with E-state index in [4.69, 9.17) is 4.74 Å². The van der Waals surface area contributed by atoms with Gasteiger partial charge in [0.15, 0.2) is 0 Å². The molecule has 2 aromatic rings. The van der Waals surface area contributed by atoms with Crippen LogP contribution >= 0.6 is 0 Å². The van der Waals surface area contributed by atoms with Crippen molar-refractivity contribution in [2.24, 2.45) is 0 Å². The molecular weight excluding hydrogens is 318 g/mol. The number of fused-ring (bicyclic) bond motifs is 3. The van der Waals surface area contributed by atoms with E-state index >= 15 is 0 Å². The molecule has 1 aromatic heterocycles. The summed E-state index contributed by atoms with van der Waals surface area (Å²) in [6.07, 6.45) is 2.00. The van der Waals surface area contributed by atoms with E-state index < -0.39 is 0 Å². The second kappa shape index (κ2) is 6.20. The van der Waals surface area contributed by atoms with Gasteiger partial charge in [0.2, 0.25) is 0 Å². The van der Waals surface area contributed by atoms with Crippen LogP contribution in [0.15, 0.2) is 42.6 Å². The minimum Gasteiger partial charge on any atom is -0.447 e. The molecule has 0 spiro atoms. The highest BCUT2D eigenvalue weighted by molar-refractivity contribution is 5.94. The Labute approximate surface area is 146 Å². The first-order chi connectivity index (χ1) is 12.1. The largest absolute Gasteiger partial charge is 0.447 e. The molecule has 3 heterocycles. The topological polar surface area (TPSA) is 62.7 Å². The van der Waals surface area contributed by atoms with Gasteiger partial charge >= 0.3 is 6.09 Å². The van der Waals surface area contributed by atoms with Crippen LogP contribution in [0.1, 0.15) is 28.0 Å². The number of hydrogen-bond acceptors (Lipinski definition) is 4. The summed E-state index contributed by atoms with van der Waals surface area (Å²) in [6, 6.07) is 11.3. The fraction of sp³-hybridized carbons (Fsp3) is 0.316. The molecule has 2 aliphatic heterocycles. The number of aromatic nitrogens is 1. The van der Waals surface area contributed by atoms with Gasteiger partial charge in [0.1, 0.15) is 12.3 Å². The highest BCUT2D eigenvalue weighted by atomic mass is 16.6. The number of nitrogens with zero attached hydrogens (tertiary/aromatic N) is 3. The Hall–Kier alpha value is -2.89. The van der Waals surface area contributed by atoms with Gasteiger partial charge in [0.25, 0.3) is 5.91 Å². The Morgan fingerprint density at radius 1 is 1.28 bits per heavy atom. The first kappa shape index (κ1) is 15.6. The predicted molar refractivity (Wildman–Crippen MR) is 92.4 cm³/mol. The van der Waals surface area contributed by atoms with E-state index in [1.807, 2.05) is 31.2 Å². The summed E-state index contributed by atoms with van der Waals surface area (Å²) >= 11 is 0. The number of rotatable bonds is 1. The normalized spacial score (nSPS) is 19.6. The van der Waals surface area contributed by atoms with Crippen LogP contribution in [-0.4, -0.2) is 41.1 Å². The zero-order chi connectivity index (χ0) is 17.4. The van der Waals surface area contributed by atoms with Crippen LogP contribution in [0.25, 0.3) is 0 Å². The number of aryl methyl sites for hydroxylation is 1. The van der Waals surface area contributed by atoms with Gasteiger partial charge in [-0.1, -0.05) is 18.2 Å². The third-order valence-corrected chi connectivity index (χ3v) is 4.73. The van der Waals surface area contributed by atoms with E-state index in [-0.39, 0.29) is 18.0 Å². The van der Waals surface area contributed by atoms with Crippen LogP contribution in [0.2, 0.25) is 0 Å². The van der Waals surface area contributed by atoms with Crippen molar-refractivity contribution in [3.05, 3.63) is 59.4 Å². The molecular formula is C19H19N3O3. The molecule has 128 valence electrons. The number of carbonyl (C=O) groups is 2. The summed E-state index contributed by atoms with van der Waals surface area (Å²) in [7, 11) is 0. The maximum atomic E-state index is 12.8. The van der Waals surface area contributed by atoms with Crippen LogP contribution in [0, 0.1) is 6.92 Å². The molecule has 1 aromatic carbocycles. The number of carbonyl (C=O) groups excluding carboxylic acids is 2. The molecule has 6 heteroatoms. The molecule has 2 aliphatic rings. The van der Waals surface area contributed by atoms with E-state index in [1.165, 1.54) is 0 Å². The lowest BCUT2D eigenvalue weighted by Crippen LogP contribution is -2.42. The second-order valence-corrected chi connectivity index (χ2v) is 6.46. The van der Waals surface area contributed by atoms with Crippen LogP contribution in [-0.2, 0) is 11.3 Å². The van der Waals surface area contributed by atoms with Crippen molar-refractivity contribution in [1.82, 2.24) is 9.88 Å². The first-order valence-electron chi connectivity index (χ1n) is 8.39. The molecule has 1 atom stereocenters. The third-order valence-electron chi connectivity index (χ3n) is 4.73. The predicted octanol–water partition coefficient (Wildman–Crippen LogP) is 2.76. The van der Waals surface area contributed by atoms with Gasteiger partial charge in [-0.15, -0.1) is 0 Å². The lowest BCUT2D eigenvalue weighted by Gasteiger charge is -2.32. The monoisotopic (exact) mass is 337 g/mol. The number of cyclic esters (lactones) is 1. The molecule has 0 N–H and O–H groups in total. The van der Waals surface area contributed by atoms with Crippen molar-refractivity contribution in [3.63, 3.8) is 0 Å². The van der Waals surface area contributed by atoms with E-state index in [0.717, 1.165) is 16.8 Å². The highest BCUT2D eigenvalue weighted by Gasteiger charge is 2.37. The summed E-state index contributed by atoms with van der Waals surface area (Å²) in [5, 5.41) is 0. The molecule has 4 rings (SSSR count). The highest BCUT2D eigenvalue weighted by Crippen LogP contribution is 2.32. The lowest BCUT2D eigenvalue weighted by atomic mass is 10.0. The standard InChI is InChI=1S/C19H19N3O3/c1-13-5-6-14-11-21(18(23)16-4-2-3-8-20-16)9-7-15-12-25-19(24)22(15)17(14)10-13/h2-6,8,10,15H,7,9,11-12H2,1H3. The SMILES string of the molecule is Cc1ccc2c(c1)N1C(=O)OCC1CCN(C(=O)c1ccccn1)C2. The summed E-state index contributed by atoms with van der Waals surface area (Å²) in [6.45, 7) is 3.35. The Morgan fingerprint density at radius 3 is 2.96 bits per heavy atom. The van der Waals surface area contributed by atoms with Gasteiger partial charge in [-0.2, -0.15) is 0 Å². The van der Waals surface area contributed by atoms with Gasteiger partial charge in [-0.25, -0.2) is 4.79 Å². The number of ether oxygens (including phenoxy) is 1. The molecule has 0 radical (unpaired) electrons. The molecule has 1 unspecified atom stereocenters. The summed E-state index contributed by atoms with van der Waals surface area (Å²) in [4.78, 5) is 32.8. The number of amides is 2. The molecule has 0 saturated carbocycles. The van der Waals surface area contributed by atoms with E-state index in [0.29, 0.717) is 31.8 Å². The Balaban J connectivity index is 1.72. The number of benzene rings is 1.